The first-order chi connectivity index (χ1) is 10.1. The molecule has 1 fully saturated rings. The summed E-state index contributed by atoms with van der Waals surface area (Å²) in [5.41, 5.74) is 1.06. The van der Waals surface area contributed by atoms with Gasteiger partial charge in [0.1, 0.15) is 0 Å². The lowest BCUT2D eigenvalue weighted by atomic mass is 9.89. The predicted molar refractivity (Wildman–Crippen MR) is 88.9 cm³/mol. The zero-order valence-corrected chi connectivity index (χ0v) is 15.2. The van der Waals surface area contributed by atoms with E-state index in [0.717, 1.165) is 12.8 Å². The summed E-state index contributed by atoms with van der Waals surface area (Å²) in [7, 11) is 1.35. The average Bonchev–Trinajstić information content (AvgIpc) is 2.51. The summed E-state index contributed by atoms with van der Waals surface area (Å²) in [6.45, 7) is 0.670. The number of alkyl halides is 1. The molecular weight excluding hydrogens is 402 g/mol. The minimum atomic E-state index is -0.414. The standard InChI is InChI=1S/C15H19Br2NO3/c1-21-15(20)11-7-12(17)14(19)18(13(11)8-16)9-10-5-3-2-4-6-10/h7,10H,2-6,8-9H2,1H3. The van der Waals surface area contributed by atoms with Gasteiger partial charge in [-0.15, -0.1) is 0 Å². The van der Waals surface area contributed by atoms with Crippen molar-refractivity contribution in [2.45, 2.75) is 44.0 Å². The molecule has 1 saturated carbocycles. The molecule has 0 amide bonds. The zero-order chi connectivity index (χ0) is 15.4. The quantitative estimate of drug-likeness (QED) is 0.548. The van der Waals surface area contributed by atoms with Crippen LogP contribution in [0.1, 0.15) is 48.2 Å². The average molecular weight is 421 g/mol. The van der Waals surface area contributed by atoms with Crippen molar-refractivity contribution in [3.05, 3.63) is 32.2 Å². The fourth-order valence-electron chi connectivity index (χ4n) is 2.92. The molecule has 2 rings (SSSR count). The lowest BCUT2D eigenvalue weighted by Crippen LogP contribution is -2.30. The summed E-state index contributed by atoms with van der Waals surface area (Å²) in [6, 6.07) is 1.56. The van der Waals surface area contributed by atoms with E-state index in [2.05, 4.69) is 31.9 Å². The predicted octanol–water partition coefficient (Wildman–Crippen LogP) is 3.87. The maximum Gasteiger partial charge on any atom is 0.339 e. The molecule has 6 heteroatoms. The Labute approximate surface area is 141 Å². The molecule has 0 unspecified atom stereocenters. The summed E-state index contributed by atoms with van der Waals surface area (Å²) < 4.78 is 6.95. The van der Waals surface area contributed by atoms with Crippen molar-refractivity contribution in [2.75, 3.05) is 7.11 Å². The molecular formula is C15H19Br2NO3. The monoisotopic (exact) mass is 419 g/mol. The van der Waals surface area contributed by atoms with Crippen LogP contribution in [-0.4, -0.2) is 17.6 Å². The maximum absolute atomic E-state index is 12.4. The molecule has 0 aromatic carbocycles. The third-order valence-electron chi connectivity index (χ3n) is 4.05. The Balaban J connectivity index is 2.44. The highest BCUT2D eigenvalue weighted by Gasteiger charge is 2.21. The third-order valence-corrected chi connectivity index (χ3v) is 5.15. The molecule has 0 spiro atoms. The van der Waals surface area contributed by atoms with Gasteiger partial charge in [-0.3, -0.25) is 4.79 Å². The van der Waals surface area contributed by atoms with Crippen molar-refractivity contribution >= 4 is 37.8 Å². The first kappa shape index (κ1) is 16.7. The first-order valence-corrected chi connectivity index (χ1v) is 9.06. The molecule has 1 heterocycles. The highest BCUT2D eigenvalue weighted by Crippen LogP contribution is 2.26. The van der Waals surface area contributed by atoms with Crippen molar-refractivity contribution in [3.8, 4) is 0 Å². The van der Waals surface area contributed by atoms with Crippen LogP contribution in [0.3, 0.4) is 0 Å². The second-order valence-corrected chi connectivity index (χ2v) is 6.81. The fourth-order valence-corrected chi connectivity index (χ4v) is 3.97. The number of carbonyl (C=O) groups excluding carboxylic acids is 1. The van der Waals surface area contributed by atoms with Crippen LogP contribution in [0.5, 0.6) is 0 Å². The van der Waals surface area contributed by atoms with E-state index in [4.69, 9.17) is 4.74 Å². The molecule has 1 aliphatic carbocycles. The number of hydrogen-bond donors (Lipinski definition) is 0. The second-order valence-electron chi connectivity index (χ2n) is 5.40. The highest BCUT2D eigenvalue weighted by molar-refractivity contribution is 9.10. The Morgan fingerprint density at radius 2 is 2.05 bits per heavy atom. The van der Waals surface area contributed by atoms with Gasteiger partial charge >= 0.3 is 5.97 Å². The zero-order valence-electron chi connectivity index (χ0n) is 12.0. The topological polar surface area (TPSA) is 48.3 Å². The van der Waals surface area contributed by atoms with Crippen LogP contribution >= 0.6 is 31.9 Å². The first-order valence-electron chi connectivity index (χ1n) is 7.15. The number of ether oxygens (including phenoxy) is 1. The molecule has 0 atom stereocenters. The minimum Gasteiger partial charge on any atom is -0.465 e. The molecule has 21 heavy (non-hydrogen) atoms. The highest BCUT2D eigenvalue weighted by atomic mass is 79.9. The third kappa shape index (κ3) is 3.77. The van der Waals surface area contributed by atoms with Crippen molar-refractivity contribution < 1.29 is 9.53 Å². The van der Waals surface area contributed by atoms with Crippen LogP contribution in [-0.2, 0) is 16.6 Å². The molecule has 0 radical (unpaired) electrons. The lowest BCUT2D eigenvalue weighted by molar-refractivity contribution is 0.0598. The summed E-state index contributed by atoms with van der Waals surface area (Å²) in [5, 5.41) is 0.451. The number of rotatable bonds is 4. The molecule has 0 N–H and O–H groups in total. The fraction of sp³-hybridized carbons (Fsp3) is 0.600. The van der Waals surface area contributed by atoms with Crippen molar-refractivity contribution in [3.63, 3.8) is 0 Å². The van der Waals surface area contributed by atoms with Crippen LogP contribution in [0.15, 0.2) is 15.3 Å². The molecule has 1 aromatic rings. The van der Waals surface area contributed by atoms with Gasteiger partial charge in [-0.05, 0) is 40.8 Å². The van der Waals surface area contributed by atoms with E-state index < -0.39 is 5.97 Å². The van der Waals surface area contributed by atoms with E-state index in [9.17, 15) is 9.59 Å². The Bertz CT molecular complexity index is 577. The minimum absolute atomic E-state index is 0.0809. The Hall–Kier alpha value is -0.620. The molecule has 0 saturated heterocycles. The van der Waals surface area contributed by atoms with E-state index in [1.807, 2.05) is 0 Å². The Morgan fingerprint density at radius 3 is 2.62 bits per heavy atom. The maximum atomic E-state index is 12.4. The van der Waals surface area contributed by atoms with Crippen LogP contribution in [0.4, 0.5) is 0 Å². The van der Waals surface area contributed by atoms with Gasteiger partial charge in [-0.1, -0.05) is 35.2 Å². The second kappa shape index (κ2) is 7.58. The normalized spacial score (nSPS) is 16.0. The van der Waals surface area contributed by atoms with E-state index in [0.29, 0.717) is 33.5 Å². The summed E-state index contributed by atoms with van der Waals surface area (Å²) >= 11 is 6.66. The van der Waals surface area contributed by atoms with Gasteiger partial charge < -0.3 is 9.30 Å². The summed E-state index contributed by atoms with van der Waals surface area (Å²) in [5.74, 6) is 0.0941. The lowest BCUT2D eigenvalue weighted by Gasteiger charge is -2.24. The van der Waals surface area contributed by atoms with E-state index in [1.54, 1.807) is 10.6 Å². The molecule has 0 aliphatic heterocycles. The summed E-state index contributed by atoms with van der Waals surface area (Å²) in [6.07, 6.45) is 6.02. The number of hydrogen-bond acceptors (Lipinski definition) is 3. The van der Waals surface area contributed by atoms with Gasteiger partial charge in [-0.2, -0.15) is 0 Å². The number of pyridine rings is 1. The van der Waals surface area contributed by atoms with Crippen LogP contribution in [0.2, 0.25) is 0 Å². The summed E-state index contributed by atoms with van der Waals surface area (Å²) in [4.78, 5) is 24.4. The van der Waals surface area contributed by atoms with Crippen LogP contribution < -0.4 is 5.56 Å². The molecule has 0 bridgehead atoms. The van der Waals surface area contributed by atoms with Gasteiger partial charge in [-0.25, -0.2) is 4.79 Å². The van der Waals surface area contributed by atoms with Crippen molar-refractivity contribution in [1.29, 1.82) is 0 Å². The van der Waals surface area contributed by atoms with E-state index >= 15 is 0 Å². The van der Waals surface area contributed by atoms with E-state index in [1.165, 1.54) is 26.4 Å². The number of nitrogens with zero attached hydrogens (tertiary/aromatic N) is 1. The number of halogens is 2. The van der Waals surface area contributed by atoms with Gasteiger partial charge in [0.2, 0.25) is 0 Å². The van der Waals surface area contributed by atoms with Crippen molar-refractivity contribution in [1.82, 2.24) is 4.57 Å². The Morgan fingerprint density at radius 1 is 1.38 bits per heavy atom. The smallest absolute Gasteiger partial charge is 0.339 e. The Kier molecular flexibility index (Phi) is 6.05. The van der Waals surface area contributed by atoms with Crippen molar-refractivity contribution in [2.24, 2.45) is 5.92 Å². The van der Waals surface area contributed by atoms with Gasteiger partial charge in [0, 0.05) is 17.6 Å². The number of methoxy groups -OCH3 is 1. The SMILES string of the molecule is COC(=O)c1cc(Br)c(=O)n(CC2CCCCC2)c1CBr. The van der Waals surface area contributed by atoms with Gasteiger partial charge in [0.05, 0.1) is 17.1 Å². The van der Waals surface area contributed by atoms with Crippen LogP contribution in [0, 0.1) is 5.92 Å². The number of esters is 1. The molecule has 1 aliphatic rings. The van der Waals surface area contributed by atoms with E-state index in [-0.39, 0.29) is 5.56 Å². The number of aromatic nitrogens is 1. The van der Waals surface area contributed by atoms with Crippen LogP contribution in [0.25, 0.3) is 0 Å². The van der Waals surface area contributed by atoms with Gasteiger partial charge in [0.25, 0.3) is 5.56 Å². The largest absolute Gasteiger partial charge is 0.465 e. The number of carbonyl (C=O) groups is 1. The molecule has 4 nitrogen and oxygen atoms in total. The molecule has 1 aromatic heterocycles. The molecule has 116 valence electrons. The van der Waals surface area contributed by atoms with Gasteiger partial charge in [0.15, 0.2) is 0 Å².